The highest BCUT2D eigenvalue weighted by Gasteiger charge is 2.10. The minimum Gasteiger partial charge on any atom is -0.395 e. The molecule has 0 atom stereocenters. The molecule has 19 heavy (non-hydrogen) atoms. The van der Waals surface area contributed by atoms with Crippen LogP contribution < -0.4 is 5.32 Å². The summed E-state index contributed by atoms with van der Waals surface area (Å²) < 4.78 is 0. The number of benzene rings is 1. The van der Waals surface area contributed by atoms with Crippen molar-refractivity contribution in [1.29, 1.82) is 5.26 Å². The summed E-state index contributed by atoms with van der Waals surface area (Å²) in [6.07, 6.45) is 1.67. The van der Waals surface area contributed by atoms with E-state index in [0.29, 0.717) is 24.3 Å². The summed E-state index contributed by atoms with van der Waals surface area (Å²) in [7, 11) is 0. The van der Waals surface area contributed by atoms with E-state index in [4.69, 9.17) is 10.4 Å². The SMILES string of the molecule is C=CCN(CCO)CC(=O)Nc1ccccc1C#N. The second-order valence-electron chi connectivity index (χ2n) is 3.95. The molecule has 2 N–H and O–H groups in total. The van der Waals surface area contributed by atoms with Gasteiger partial charge in [-0.3, -0.25) is 9.69 Å². The summed E-state index contributed by atoms with van der Waals surface area (Å²) in [4.78, 5) is 13.6. The maximum Gasteiger partial charge on any atom is 0.238 e. The van der Waals surface area contributed by atoms with Crippen LogP contribution in [0.4, 0.5) is 5.69 Å². The molecule has 5 heteroatoms. The monoisotopic (exact) mass is 259 g/mol. The first-order valence-corrected chi connectivity index (χ1v) is 5.94. The number of aliphatic hydroxyl groups excluding tert-OH is 1. The fraction of sp³-hybridized carbons (Fsp3) is 0.286. The van der Waals surface area contributed by atoms with Gasteiger partial charge in [0.05, 0.1) is 24.4 Å². The molecule has 0 aliphatic heterocycles. The van der Waals surface area contributed by atoms with Gasteiger partial charge >= 0.3 is 0 Å². The van der Waals surface area contributed by atoms with Crippen molar-refractivity contribution in [3.63, 3.8) is 0 Å². The Hall–Kier alpha value is -2.16. The van der Waals surface area contributed by atoms with Crippen LogP contribution in [0.25, 0.3) is 0 Å². The largest absolute Gasteiger partial charge is 0.395 e. The van der Waals surface area contributed by atoms with Crippen molar-refractivity contribution in [2.45, 2.75) is 0 Å². The Kier molecular flexibility index (Phi) is 6.30. The highest BCUT2D eigenvalue weighted by molar-refractivity contribution is 5.93. The van der Waals surface area contributed by atoms with E-state index in [0.717, 1.165) is 0 Å². The second kappa shape index (κ2) is 8.03. The minimum absolute atomic E-state index is 0.0180. The standard InChI is InChI=1S/C14H17N3O2/c1-2-7-17(8-9-18)11-14(19)16-13-6-4-3-5-12(13)10-15/h2-6,18H,1,7-9,11H2,(H,16,19). The van der Waals surface area contributed by atoms with E-state index in [-0.39, 0.29) is 19.1 Å². The van der Waals surface area contributed by atoms with Crippen LogP contribution in [0.2, 0.25) is 0 Å². The molecule has 0 aromatic heterocycles. The van der Waals surface area contributed by atoms with E-state index >= 15 is 0 Å². The Labute approximate surface area is 112 Å². The number of nitriles is 1. The number of amides is 1. The molecule has 0 unspecified atom stereocenters. The van der Waals surface area contributed by atoms with Crippen molar-refractivity contribution in [1.82, 2.24) is 4.90 Å². The maximum atomic E-state index is 11.9. The molecular formula is C14H17N3O2. The zero-order valence-corrected chi connectivity index (χ0v) is 10.7. The van der Waals surface area contributed by atoms with E-state index in [9.17, 15) is 4.79 Å². The summed E-state index contributed by atoms with van der Waals surface area (Å²) in [6, 6.07) is 8.84. The molecule has 0 aliphatic carbocycles. The Morgan fingerprint density at radius 1 is 1.53 bits per heavy atom. The third kappa shape index (κ3) is 4.92. The fourth-order valence-electron chi connectivity index (χ4n) is 1.64. The smallest absolute Gasteiger partial charge is 0.238 e. The fourth-order valence-corrected chi connectivity index (χ4v) is 1.64. The molecule has 100 valence electrons. The molecule has 5 nitrogen and oxygen atoms in total. The van der Waals surface area contributed by atoms with Gasteiger partial charge < -0.3 is 10.4 Å². The van der Waals surface area contributed by atoms with Crippen LogP contribution in [-0.4, -0.2) is 42.2 Å². The number of anilines is 1. The van der Waals surface area contributed by atoms with Crippen molar-refractivity contribution in [2.24, 2.45) is 0 Å². The lowest BCUT2D eigenvalue weighted by Crippen LogP contribution is -2.35. The van der Waals surface area contributed by atoms with Gasteiger partial charge in [-0.15, -0.1) is 6.58 Å². The molecule has 0 radical (unpaired) electrons. The second-order valence-corrected chi connectivity index (χ2v) is 3.95. The molecule has 0 heterocycles. The first-order valence-electron chi connectivity index (χ1n) is 5.94. The molecule has 0 aliphatic rings. The first kappa shape index (κ1) is 14.9. The van der Waals surface area contributed by atoms with Gasteiger partial charge in [-0.1, -0.05) is 18.2 Å². The van der Waals surface area contributed by atoms with Gasteiger partial charge in [-0.25, -0.2) is 0 Å². The lowest BCUT2D eigenvalue weighted by molar-refractivity contribution is -0.117. The van der Waals surface area contributed by atoms with Crippen molar-refractivity contribution in [3.05, 3.63) is 42.5 Å². The van der Waals surface area contributed by atoms with E-state index in [1.807, 2.05) is 6.07 Å². The van der Waals surface area contributed by atoms with Gasteiger partial charge in [0.1, 0.15) is 6.07 Å². The summed E-state index contributed by atoms with van der Waals surface area (Å²) in [6.45, 7) is 4.65. The Bertz CT molecular complexity index is 480. The van der Waals surface area contributed by atoms with Crippen LogP contribution in [0, 0.1) is 11.3 Å². The summed E-state index contributed by atoms with van der Waals surface area (Å²) in [5.41, 5.74) is 0.922. The molecule has 0 saturated carbocycles. The molecule has 1 amide bonds. The van der Waals surface area contributed by atoms with Crippen LogP contribution in [-0.2, 0) is 4.79 Å². The normalized spacial score (nSPS) is 9.95. The van der Waals surface area contributed by atoms with Gasteiger partial charge in [0.15, 0.2) is 0 Å². The van der Waals surface area contributed by atoms with Crippen molar-refractivity contribution in [2.75, 3.05) is 31.6 Å². The summed E-state index contributed by atoms with van der Waals surface area (Å²) in [5, 5.41) is 20.5. The van der Waals surface area contributed by atoms with Crippen LogP contribution in [0.1, 0.15) is 5.56 Å². The minimum atomic E-state index is -0.224. The van der Waals surface area contributed by atoms with Crippen molar-refractivity contribution < 1.29 is 9.90 Å². The maximum absolute atomic E-state index is 11.9. The van der Waals surface area contributed by atoms with Crippen molar-refractivity contribution in [3.8, 4) is 6.07 Å². The number of hydrogen-bond donors (Lipinski definition) is 2. The predicted molar refractivity (Wildman–Crippen MR) is 73.5 cm³/mol. The highest BCUT2D eigenvalue weighted by atomic mass is 16.3. The number of hydrogen-bond acceptors (Lipinski definition) is 4. The number of para-hydroxylation sites is 1. The predicted octanol–water partition coefficient (Wildman–Crippen LogP) is 0.977. The summed E-state index contributed by atoms with van der Waals surface area (Å²) >= 11 is 0. The van der Waals surface area contributed by atoms with E-state index in [1.54, 1.807) is 35.2 Å². The van der Waals surface area contributed by atoms with Crippen LogP contribution >= 0.6 is 0 Å². The number of carbonyl (C=O) groups is 1. The third-order valence-corrected chi connectivity index (χ3v) is 2.49. The Morgan fingerprint density at radius 2 is 2.26 bits per heavy atom. The lowest BCUT2D eigenvalue weighted by atomic mass is 10.2. The van der Waals surface area contributed by atoms with Gasteiger partial charge in [0.2, 0.25) is 5.91 Å². The number of nitrogens with one attached hydrogen (secondary N) is 1. The Morgan fingerprint density at radius 3 is 2.89 bits per heavy atom. The average molecular weight is 259 g/mol. The Balaban J connectivity index is 2.63. The average Bonchev–Trinajstić information content (AvgIpc) is 2.40. The zero-order valence-electron chi connectivity index (χ0n) is 10.7. The first-order chi connectivity index (χ1) is 9.21. The number of rotatable bonds is 7. The van der Waals surface area contributed by atoms with Gasteiger partial charge in [-0.05, 0) is 12.1 Å². The quantitative estimate of drug-likeness (QED) is 0.716. The van der Waals surface area contributed by atoms with Crippen molar-refractivity contribution >= 4 is 11.6 Å². The molecule has 1 rings (SSSR count). The van der Waals surface area contributed by atoms with E-state index in [1.165, 1.54) is 0 Å². The topological polar surface area (TPSA) is 76.4 Å². The van der Waals surface area contributed by atoms with E-state index in [2.05, 4.69) is 11.9 Å². The zero-order chi connectivity index (χ0) is 14.1. The molecule has 0 spiro atoms. The highest BCUT2D eigenvalue weighted by Crippen LogP contribution is 2.13. The molecule has 1 aromatic rings. The van der Waals surface area contributed by atoms with Gasteiger partial charge in [-0.2, -0.15) is 5.26 Å². The summed E-state index contributed by atoms with van der Waals surface area (Å²) in [5.74, 6) is -0.224. The van der Waals surface area contributed by atoms with Crippen LogP contribution in [0.15, 0.2) is 36.9 Å². The van der Waals surface area contributed by atoms with Gasteiger partial charge in [0, 0.05) is 13.1 Å². The number of aliphatic hydroxyl groups is 1. The molecule has 0 fully saturated rings. The number of nitrogens with zero attached hydrogens (tertiary/aromatic N) is 2. The lowest BCUT2D eigenvalue weighted by Gasteiger charge is -2.18. The third-order valence-electron chi connectivity index (χ3n) is 2.49. The van der Waals surface area contributed by atoms with Gasteiger partial charge in [0.25, 0.3) is 0 Å². The molecule has 0 saturated heterocycles. The van der Waals surface area contributed by atoms with Crippen LogP contribution in [0.3, 0.4) is 0 Å². The molecule has 1 aromatic carbocycles. The van der Waals surface area contributed by atoms with Crippen LogP contribution in [0.5, 0.6) is 0 Å². The number of carbonyl (C=O) groups excluding carboxylic acids is 1. The molecular weight excluding hydrogens is 242 g/mol. The van der Waals surface area contributed by atoms with E-state index < -0.39 is 0 Å². The molecule has 0 bridgehead atoms.